The highest BCUT2D eigenvalue weighted by atomic mass is 19.1. The standard InChI is InChI=1S/C13H18FNO3/c1-9(15-8-7-12(16)18-3)13-10(14)5-4-6-11(13)17-2/h4-6,9,15H,7-8H2,1-3H3. The van der Waals surface area contributed by atoms with Gasteiger partial charge in [-0.25, -0.2) is 4.39 Å². The molecule has 0 fully saturated rings. The molecule has 0 spiro atoms. The first-order valence-corrected chi connectivity index (χ1v) is 5.72. The Labute approximate surface area is 106 Å². The normalized spacial score (nSPS) is 12.0. The molecule has 0 amide bonds. The fraction of sp³-hybridized carbons (Fsp3) is 0.462. The summed E-state index contributed by atoms with van der Waals surface area (Å²) in [4.78, 5) is 11.0. The van der Waals surface area contributed by atoms with Crippen molar-refractivity contribution in [1.29, 1.82) is 0 Å². The number of carbonyl (C=O) groups is 1. The van der Waals surface area contributed by atoms with Crippen LogP contribution < -0.4 is 10.1 Å². The summed E-state index contributed by atoms with van der Waals surface area (Å²) in [6.07, 6.45) is 0.248. The van der Waals surface area contributed by atoms with Crippen LogP contribution in [0.3, 0.4) is 0 Å². The first-order valence-electron chi connectivity index (χ1n) is 5.72. The van der Waals surface area contributed by atoms with Gasteiger partial charge in [-0.3, -0.25) is 4.79 Å². The third-order valence-electron chi connectivity index (χ3n) is 2.67. The molecule has 1 rings (SSSR count). The molecule has 1 N–H and O–H groups in total. The molecule has 0 radical (unpaired) electrons. The van der Waals surface area contributed by atoms with E-state index in [0.717, 1.165) is 0 Å². The molecule has 0 aliphatic carbocycles. The van der Waals surface area contributed by atoms with Gasteiger partial charge >= 0.3 is 5.97 Å². The second-order valence-electron chi connectivity index (χ2n) is 3.86. The monoisotopic (exact) mass is 255 g/mol. The summed E-state index contributed by atoms with van der Waals surface area (Å²) in [5.74, 6) is -0.129. The van der Waals surface area contributed by atoms with Crippen LogP contribution in [0.1, 0.15) is 24.9 Å². The molecule has 5 heteroatoms. The van der Waals surface area contributed by atoms with Gasteiger partial charge in [0.1, 0.15) is 11.6 Å². The molecule has 1 unspecified atom stereocenters. The molecule has 1 atom stereocenters. The lowest BCUT2D eigenvalue weighted by Gasteiger charge is -2.17. The van der Waals surface area contributed by atoms with Crippen LogP contribution in [-0.2, 0) is 9.53 Å². The van der Waals surface area contributed by atoms with Crippen LogP contribution in [-0.4, -0.2) is 26.7 Å². The molecule has 0 aliphatic rings. The van der Waals surface area contributed by atoms with Crippen molar-refractivity contribution in [3.63, 3.8) is 0 Å². The quantitative estimate of drug-likeness (QED) is 0.790. The first-order chi connectivity index (χ1) is 8.60. The lowest BCUT2D eigenvalue weighted by molar-refractivity contribution is -0.140. The number of rotatable bonds is 6. The summed E-state index contributed by atoms with van der Waals surface area (Å²) in [5.41, 5.74) is 0.463. The molecule has 0 bridgehead atoms. The minimum absolute atomic E-state index is 0.245. The van der Waals surface area contributed by atoms with E-state index in [1.807, 2.05) is 6.92 Å². The van der Waals surface area contributed by atoms with Crippen LogP contribution in [0, 0.1) is 5.82 Å². The Morgan fingerprint density at radius 1 is 1.44 bits per heavy atom. The Bertz CT molecular complexity index is 409. The van der Waals surface area contributed by atoms with E-state index in [2.05, 4.69) is 10.1 Å². The maximum Gasteiger partial charge on any atom is 0.306 e. The van der Waals surface area contributed by atoms with Crippen LogP contribution >= 0.6 is 0 Å². The Morgan fingerprint density at radius 3 is 2.78 bits per heavy atom. The largest absolute Gasteiger partial charge is 0.496 e. The number of hydrogen-bond acceptors (Lipinski definition) is 4. The molecular weight excluding hydrogens is 237 g/mol. The van der Waals surface area contributed by atoms with Gasteiger partial charge in [0, 0.05) is 18.2 Å². The summed E-state index contributed by atoms with van der Waals surface area (Å²) < 4.78 is 23.4. The van der Waals surface area contributed by atoms with Gasteiger partial charge in [0.05, 0.1) is 20.6 Å². The number of hydrogen-bond donors (Lipinski definition) is 1. The maximum absolute atomic E-state index is 13.7. The van der Waals surface area contributed by atoms with Gasteiger partial charge in [-0.2, -0.15) is 0 Å². The molecule has 1 aromatic rings. The topological polar surface area (TPSA) is 47.6 Å². The molecule has 0 aromatic heterocycles. The molecule has 0 saturated heterocycles. The second-order valence-corrected chi connectivity index (χ2v) is 3.86. The van der Waals surface area contributed by atoms with Gasteiger partial charge in [-0.1, -0.05) is 6.07 Å². The third kappa shape index (κ3) is 3.70. The Balaban J connectivity index is 2.66. The van der Waals surface area contributed by atoms with E-state index < -0.39 is 0 Å². The van der Waals surface area contributed by atoms with Gasteiger partial charge in [0.15, 0.2) is 0 Å². The van der Waals surface area contributed by atoms with E-state index in [0.29, 0.717) is 17.9 Å². The summed E-state index contributed by atoms with van der Waals surface area (Å²) >= 11 is 0. The Hall–Kier alpha value is -1.62. The van der Waals surface area contributed by atoms with Crippen molar-refractivity contribution in [2.24, 2.45) is 0 Å². The zero-order valence-corrected chi connectivity index (χ0v) is 10.8. The number of methoxy groups -OCH3 is 2. The van der Waals surface area contributed by atoms with Gasteiger partial charge < -0.3 is 14.8 Å². The number of ether oxygens (including phenoxy) is 2. The third-order valence-corrected chi connectivity index (χ3v) is 2.67. The fourth-order valence-corrected chi connectivity index (χ4v) is 1.71. The van der Waals surface area contributed by atoms with E-state index in [9.17, 15) is 9.18 Å². The zero-order chi connectivity index (χ0) is 13.5. The summed E-state index contributed by atoms with van der Waals surface area (Å²) in [5, 5.41) is 3.06. The van der Waals surface area contributed by atoms with Gasteiger partial charge in [0.25, 0.3) is 0 Å². The van der Waals surface area contributed by atoms with Crippen LogP contribution in [0.4, 0.5) is 4.39 Å². The van der Waals surface area contributed by atoms with Crippen LogP contribution in [0.2, 0.25) is 0 Å². The van der Waals surface area contributed by atoms with Crippen molar-refractivity contribution in [3.8, 4) is 5.75 Å². The van der Waals surface area contributed by atoms with Crippen LogP contribution in [0.15, 0.2) is 18.2 Å². The van der Waals surface area contributed by atoms with Gasteiger partial charge in [0.2, 0.25) is 0 Å². The molecule has 0 heterocycles. The van der Waals surface area contributed by atoms with Crippen molar-refractivity contribution in [2.45, 2.75) is 19.4 Å². The summed E-state index contributed by atoms with van der Waals surface area (Å²) in [6.45, 7) is 2.24. The van der Waals surface area contributed by atoms with Crippen molar-refractivity contribution < 1.29 is 18.7 Å². The number of carbonyl (C=O) groups excluding carboxylic acids is 1. The van der Waals surface area contributed by atoms with E-state index >= 15 is 0 Å². The minimum Gasteiger partial charge on any atom is -0.496 e. The Morgan fingerprint density at radius 2 is 2.17 bits per heavy atom. The predicted octanol–water partition coefficient (Wildman–Crippen LogP) is 2.05. The highest BCUT2D eigenvalue weighted by molar-refractivity contribution is 5.69. The van der Waals surface area contributed by atoms with E-state index in [4.69, 9.17) is 4.74 Å². The predicted molar refractivity (Wildman–Crippen MR) is 66.0 cm³/mol. The fourth-order valence-electron chi connectivity index (χ4n) is 1.71. The van der Waals surface area contributed by atoms with Crippen molar-refractivity contribution in [2.75, 3.05) is 20.8 Å². The molecule has 18 heavy (non-hydrogen) atoms. The molecular formula is C13H18FNO3. The van der Waals surface area contributed by atoms with Crippen LogP contribution in [0.5, 0.6) is 5.75 Å². The molecule has 100 valence electrons. The second kappa shape index (κ2) is 6.96. The SMILES string of the molecule is COC(=O)CCNC(C)c1c(F)cccc1OC. The first kappa shape index (κ1) is 14.4. The van der Waals surface area contributed by atoms with Gasteiger partial charge in [-0.05, 0) is 19.1 Å². The van der Waals surface area contributed by atoms with Crippen molar-refractivity contribution in [1.82, 2.24) is 5.32 Å². The van der Waals surface area contributed by atoms with E-state index in [1.165, 1.54) is 20.3 Å². The summed E-state index contributed by atoms with van der Waals surface area (Å²) in [6, 6.07) is 4.44. The zero-order valence-electron chi connectivity index (χ0n) is 10.8. The molecule has 0 saturated carbocycles. The molecule has 4 nitrogen and oxygen atoms in total. The highest BCUT2D eigenvalue weighted by Crippen LogP contribution is 2.27. The van der Waals surface area contributed by atoms with E-state index in [-0.39, 0.29) is 24.2 Å². The number of esters is 1. The van der Waals surface area contributed by atoms with Gasteiger partial charge in [-0.15, -0.1) is 0 Å². The molecule has 1 aromatic carbocycles. The van der Waals surface area contributed by atoms with Crippen LogP contribution in [0.25, 0.3) is 0 Å². The van der Waals surface area contributed by atoms with Crippen molar-refractivity contribution in [3.05, 3.63) is 29.6 Å². The lowest BCUT2D eigenvalue weighted by Crippen LogP contribution is -2.23. The molecule has 0 aliphatic heterocycles. The average Bonchev–Trinajstić information content (AvgIpc) is 2.37. The van der Waals surface area contributed by atoms with E-state index in [1.54, 1.807) is 12.1 Å². The smallest absolute Gasteiger partial charge is 0.306 e. The average molecular weight is 255 g/mol. The summed E-state index contributed by atoms with van der Waals surface area (Å²) in [7, 11) is 2.84. The Kier molecular flexibility index (Phi) is 5.58. The number of nitrogens with one attached hydrogen (secondary N) is 1. The number of halogens is 1. The lowest BCUT2D eigenvalue weighted by atomic mass is 10.1. The minimum atomic E-state index is -0.326. The maximum atomic E-state index is 13.7. The van der Waals surface area contributed by atoms with Crippen molar-refractivity contribution >= 4 is 5.97 Å². The number of benzene rings is 1. The highest BCUT2D eigenvalue weighted by Gasteiger charge is 2.16.